The van der Waals surface area contributed by atoms with Gasteiger partial charge in [-0.15, -0.1) is 0 Å². The molecule has 1 aliphatic heterocycles. The SMILES string of the molecule is O=C(O)c1[nH][nH]c2c3ccc(O)cc3cc1-2. The number of benzene rings is 1. The van der Waals surface area contributed by atoms with E-state index in [0.717, 1.165) is 16.5 Å². The molecule has 0 fully saturated rings. The fraction of sp³-hybridized carbons (Fsp3) is 0. The Kier molecular flexibility index (Phi) is 1.54. The van der Waals surface area contributed by atoms with Crippen LogP contribution in [-0.2, 0) is 0 Å². The summed E-state index contributed by atoms with van der Waals surface area (Å²) < 4.78 is 0. The Morgan fingerprint density at radius 1 is 1.19 bits per heavy atom. The second-order valence-electron chi connectivity index (χ2n) is 3.63. The predicted molar refractivity (Wildman–Crippen MR) is 57.9 cm³/mol. The van der Waals surface area contributed by atoms with Crippen molar-refractivity contribution in [3.8, 4) is 17.0 Å². The van der Waals surface area contributed by atoms with E-state index >= 15 is 0 Å². The summed E-state index contributed by atoms with van der Waals surface area (Å²) >= 11 is 0. The van der Waals surface area contributed by atoms with Gasteiger partial charge in [-0.25, -0.2) is 4.79 Å². The van der Waals surface area contributed by atoms with E-state index in [9.17, 15) is 9.90 Å². The molecule has 0 radical (unpaired) electrons. The van der Waals surface area contributed by atoms with Crippen LogP contribution in [0.5, 0.6) is 5.75 Å². The van der Waals surface area contributed by atoms with Crippen molar-refractivity contribution in [1.82, 2.24) is 10.2 Å². The molecule has 80 valence electrons. The molecule has 1 aliphatic carbocycles. The van der Waals surface area contributed by atoms with Crippen molar-refractivity contribution in [2.24, 2.45) is 0 Å². The fourth-order valence-corrected chi connectivity index (χ4v) is 1.96. The van der Waals surface area contributed by atoms with Gasteiger partial charge >= 0.3 is 5.97 Å². The third-order valence-corrected chi connectivity index (χ3v) is 2.67. The smallest absolute Gasteiger partial charge is 0.354 e. The van der Waals surface area contributed by atoms with Crippen LogP contribution >= 0.6 is 0 Å². The largest absolute Gasteiger partial charge is 0.508 e. The Morgan fingerprint density at radius 2 is 2.00 bits per heavy atom. The maximum Gasteiger partial charge on any atom is 0.354 e. The number of carboxylic acids is 1. The first-order valence-corrected chi connectivity index (χ1v) is 4.72. The molecule has 0 aromatic heterocycles. The first-order chi connectivity index (χ1) is 7.66. The minimum Gasteiger partial charge on any atom is -0.508 e. The standard InChI is InChI=1S/C11H8N2O3/c14-6-1-2-7-5(3-6)4-8-9(7)12-13-10(8)11(15)16/h1-4,12-14H,(H,15,16). The predicted octanol–water partition coefficient (Wildman–Crippen LogP) is 2.00. The van der Waals surface area contributed by atoms with E-state index in [-0.39, 0.29) is 11.4 Å². The van der Waals surface area contributed by atoms with Gasteiger partial charge in [0.25, 0.3) is 0 Å². The number of H-pyrrole nitrogens is 2. The number of carboxylic acid groups (broad SMARTS) is 1. The lowest BCUT2D eigenvalue weighted by atomic mass is 10.2. The summed E-state index contributed by atoms with van der Waals surface area (Å²) in [6, 6.07) is 6.67. The molecule has 1 aromatic rings. The number of hydrogen-bond donors (Lipinski definition) is 4. The Balaban J connectivity index is 2.38. The molecule has 5 heteroatoms. The lowest BCUT2D eigenvalue weighted by Gasteiger charge is -1.92. The Labute approximate surface area is 89.7 Å². The van der Waals surface area contributed by atoms with Crippen LogP contribution in [0.15, 0.2) is 24.3 Å². The van der Waals surface area contributed by atoms with Crippen molar-refractivity contribution in [2.75, 3.05) is 0 Å². The maximum atomic E-state index is 10.9. The second-order valence-corrected chi connectivity index (χ2v) is 3.63. The monoisotopic (exact) mass is 216 g/mol. The maximum absolute atomic E-state index is 10.9. The fourth-order valence-electron chi connectivity index (χ4n) is 1.96. The van der Waals surface area contributed by atoms with E-state index in [4.69, 9.17) is 5.11 Å². The average molecular weight is 216 g/mol. The third-order valence-electron chi connectivity index (χ3n) is 2.67. The first-order valence-electron chi connectivity index (χ1n) is 4.72. The third kappa shape index (κ3) is 1.02. The molecule has 4 N–H and O–H groups in total. The summed E-state index contributed by atoms with van der Waals surface area (Å²) in [6.07, 6.45) is 0. The number of phenolic OH excluding ortho intramolecular Hbond substituents is 1. The van der Waals surface area contributed by atoms with Gasteiger partial charge in [0.2, 0.25) is 0 Å². The number of carbonyl (C=O) groups is 1. The number of aromatic hydroxyl groups is 1. The molecule has 0 spiro atoms. The van der Waals surface area contributed by atoms with Crippen LogP contribution in [0.3, 0.4) is 0 Å². The van der Waals surface area contributed by atoms with Gasteiger partial charge in [0.15, 0.2) is 0 Å². The molecule has 2 aliphatic rings. The number of hydrogen-bond acceptors (Lipinski definition) is 2. The molecule has 0 bridgehead atoms. The molecular formula is C11H8N2O3. The topological polar surface area (TPSA) is 89.1 Å². The lowest BCUT2D eigenvalue weighted by Crippen LogP contribution is -1.96. The number of rotatable bonds is 1. The molecular weight excluding hydrogens is 208 g/mol. The van der Waals surface area contributed by atoms with Crippen LogP contribution in [0, 0.1) is 0 Å². The first kappa shape index (κ1) is 8.84. The molecule has 0 unspecified atom stereocenters. The number of aromatic nitrogens is 2. The van der Waals surface area contributed by atoms with Crippen molar-refractivity contribution in [3.63, 3.8) is 0 Å². The lowest BCUT2D eigenvalue weighted by molar-refractivity contribution is 0.0691. The van der Waals surface area contributed by atoms with Crippen molar-refractivity contribution in [1.29, 1.82) is 0 Å². The van der Waals surface area contributed by atoms with Gasteiger partial charge in [-0.1, -0.05) is 0 Å². The molecule has 1 heterocycles. The highest BCUT2D eigenvalue weighted by molar-refractivity contribution is 6.07. The Hall–Kier alpha value is -2.43. The van der Waals surface area contributed by atoms with Gasteiger partial charge in [0.05, 0.1) is 5.69 Å². The van der Waals surface area contributed by atoms with Crippen LogP contribution in [0.25, 0.3) is 22.0 Å². The molecule has 0 amide bonds. The van der Waals surface area contributed by atoms with Crippen LogP contribution in [0.1, 0.15) is 10.5 Å². The molecule has 0 saturated carbocycles. The molecule has 16 heavy (non-hydrogen) atoms. The Bertz CT molecular complexity index is 665. The van der Waals surface area contributed by atoms with Crippen molar-refractivity contribution in [2.45, 2.75) is 0 Å². The highest BCUT2D eigenvalue weighted by Crippen LogP contribution is 2.36. The van der Waals surface area contributed by atoms with E-state index < -0.39 is 5.97 Å². The molecule has 5 nitrogen and oxygen atoms in total. The zero-order valence-electron chi connectivity index (χ0n) is 8.11. The van der Waals surface area contributed by atoms with E-state index in [1.54, 1.807) is 24.3 Å². The average Bonchev–Trinajstić information content (AvgIpc) is 2.74. The number of phenols is 1. The molecule has 0 saturated heterocycles. The molecule has 3 rings (SSSR count). The number of nitrogens with one attached hydrogen (secondary N) is 2. The highest BCUT2D eigenvalue weighted by atomic mass is 16.4. The van der Waals surface area contributed by atoms with Gasteiger partial charge in [-0.3, -0.25) is 10.2 Å². The Morgan fingerprint density at radius 3 is 2.75 bits per heavy atom. The van der Waals surface area contributed by atoms with Gasteiger partial charge in [0, 0.05) is 10.9 Å². The zero-order chi connectivity index (χ0) is 11.3. The minimum absolute atomic E-state index is 0.130. The van der Waals surface area contributed by atoms with Crippen LogP contribution in [0.2, 0.25) is 0 Å². The van der Waals surface area contributed by atoms with Gasteiger partial charge in [-0.05, 0) is 29.7 Å². The van der Waals surface area contributed by atoms with Gasteiger partial charge in [-0.2, -0.15) is 0 Å². The van der Waals surface area contributed by atoms with Crippen molar-refractivity contribution in [3.05, 3.63) is 30.0 Å². The summed E-state index contributed by atoms with van der Waals surface area (Å²) in [5.74, 6) is -0.841. The summed E-state index contributed by atoms with van der Waals surface area (Å²) in [4.78, 5) is 10.9. The summed E-state index contributed by atoms with van der Waals surface area (Å²) in [6.45, 7) is 0. The molecule has 1 aromatic carbocycles. The minimum atomic E-state index is -1.01. The summed E-state index contributed by atoms with van der Waals surface area (Å²) in [5, 5.41) is 25.4. The number of aromatic carboxylic acids is 1. The van der Waals surface area contributed by atoms with Crippen LogP contribution < -0.4 is 0 Å². The quantitative estimate of drug-likeness (QED) is 0.501. The van der Waals surface area contributed by atoms with Gasteiger partial charge < -0.3 is 10.2 Å². The zero-order valence-corrected chi connectivity index (χ0v) is 8.11. The van der Waals surface area contributed by atoms with Crippen molar-refractivity contribution < 1.29 is 15.0 Å². The second kappa shape index (κ2) is 2.79. The van der Waals surface area contributed by atoms with Crippen LogP contribution in [-0.4, -0.2) is 26.4 Å². The molecule has 0 atom stereocenters. The number of fused-ring (bicyclic) bond motifs is 3. The van der Waals surface area contributed by atoms with Gasteiger partial charge in [0.1, 0.15) is 11.4 Å². The number of aromatic amines is 2. The summed E-state index contributed by atoms with van der Waals surface area (Å²) in [7, 11) is 0. The van der Waals surface area contributed by atoms with Crippen LogP contribution in [0.4, 0.5) is 0 Å². The normalized spacial score (nSPS) is 11.2. The summed E-state index contributed by atoms with van der Waals surface area (Å²) in [5.41, 5.74) is 1.49. The van der Waals surface area contributed by atoms with E-state index in [1.165, 1.54) is 0 Å². The van der Waals surface area contributed by atoms with E-state index in [2.05, 4.69) is 10.2 Å². The van der Waals surface area contributed by atoms with E-state index in [0.29, 0.717) is 5.56 Å². The highest BCUT2D eigenvalue weighted by Gasteiger charge is 2.20. The van der Waals surface area contributed by atoms with E-state index in [1.807, 2.05) is 0 Å². The van der Waals surface area contributed by atoms with Crippen molar-refractivity contribution >= 4 is 16.7 Å².